The summed E-state index contributed by atoms with van der Waals surface area (Å²) in [6, 6.07) is 9.13. The van der Waals surface area contributed by atoms with Crippen LogP contribution in [0.3, 0.4) is 0 Å². The molecule has 2 aromatic rings. The fraction of sp³-hybridized carbons (Fsp3) is 0.500. The summed E-state index contributed by atoms with van der Waals surface area (Å²) in [6.07, 6.45) is 4.92. The molecule has 3 nitrogen and oxygen atoms in total. The van der Waals surface area contributed by atoms with Crippen LogP contribution in [0.5, 0.6) is 0 Å². The quantitative estimate of drug-likeness (QED) is 0.932. The predicted molar refractivity (Wildman–Crippen MR) is 86.6 cm³/mol. The van der Waals surface area contributed by atoms with Crippen LogP contribution in [0, 0.1) is 13.8 Å². The van der Waals surface area contributed by atoms with Crippen molar-refractivity contribution in [2.45, 2.75) is 52.1 Å². The number of aromatic nitrogens is 2. The van der Waals surface area contributed by atoms with E-state index in [1.165, 1.54) is 41.8 Å². The highest BCUT2D eigenvalue weighted by Crippen LogP contribution is 2.25. The zero-order valence-electron chi connectivity index (χ0n) is 13.3. The van der Waals surface area contributed by atoms with Gasteiger partial charge in [-0.25, -0.2) is 4.98 Å². The Morgan fingerprint density at radius 3 is 2.81 bits per heavy atom. The molecule has 1 aromatic heterocycles. The van der Waals surface area contributed by atoms with E-state index in [1.807, 2.05) is 7.05 Å². The molecule has 0 bridgehead atoms. The number of rotatable bonds is 4. The number of benzene rings is 1. The van der Waals surface area contributed by atoms with Crippen molar-refractivity contribution in [1.29, 1.82) is 0 Å². The number of nitrogens with one attached hydrogen (secondary N) is 1. The van der Waals surface area contributed by atoms with E-state index in [-0.39, 0.29) is 0 Å². The van der Waals surface area contributed by atoms with Crippen LogP contribution in [0.1, 0.15) is 47.2 Å². The third-order valence-corrected chi connectivity index (χ3v) is 4.58. The normalized spacial score (nSPS) is 15.8. The van der Waals surface area contributed by atoms with Crippen LogP contribution in [0.15, 0.2) is 24.3 Å². The second-order valence-corrected chi connectivity index (χ2v) is 6.13. The van der Waals surface area contributed by atoms with E-state index in [4.69, 9.17) is 4.98 Å². The molecule has 21 heavy (non-hydrogen) atoms. The van der Waals surface area contributed by atoms with Gasteiger partial charge in [0.15, 0.2) is 0 Å². The number of likely N-dealkylation sites (N-methyl/N-ethyl adjacent to an activating group) is 1. The molecule has 1 atom stereocenters. The van der Waals surface area contributed by atoms with Gasteiger partial charge in [-0.2, -0.15) is 0 Å². The molecular weight excluding hydrogens is 258 g/mol. The zero-order chi connectivity index (χ0) is 14.8. The van der Waals surface area contributed by atoms with Gasteiger partial charge in [0.05, 0.1) is 11.7 Å². The SMILES string of the molecule is CNC(Cn1c(C)nc2c1CCCC2)c1cccc(C)c1. The molecule has 1 heterocycles. The topological polar surface area (TPSA) is 29.9 Å². The lowest BCUT2D eigenvalue weighted by Gasteiger charge is -2.21. The lowest BCUT2D eigenvalue weighted by molar-refractivity contribution is 0.476. The maximum absolute atomic E-state index is 4.78. The van der Waals surface area contributed by atoms with Crippen molar-refractivity contribution in [3.05, 3.63) is 52.6 Å². The van der Waals surface area contributed by atoms with Gasteiger partial charge in [0.2, 0.25) is 0 Å². The molecule has 1 unspecified atom stereocenters. The maximum Gasteiger partial charge on any atom is 0.106 e. The molecule has 0 radical (unpaired) electrons. The summed E-state index contributed by atoms with van der Waals surface area (Å²) >= 11 is 0. The fourth-order valence-corrected chi connectivity index (χ4v) is 3.41. The van der Waals surface area contributed by atoms with E-state index in [9.17, 15) is 0 Å². The van der Waals surface area contributed by atoms with Gasteiger partial charge in [-0.05, 0) is 52.1 Å². The zero-order valence-corrected chi connectivity index (χ0v) is 13.3. The van der Waals surface area contributed by atoms with Crippen LogP contribution in [-0.2, 0) is 19.4 Å². The second kappa shape index (κ2) is 6.02. The molecule has 0 spiro atoms. The van der Waals surface area contributed by atoms with Gasteiger partial charge >= 0.3 is 0 Å². The Bertz CT molecular complexity index is 627. The molecule has 0 saturated carbocycles. The van der Waals surface area contributed by atoms with Crippen molar-refractivity contribution in [2.24, 2.45) is 0 Å². The Morgan fingerprint density at radius 1 is 1.24 bits per heavy atom. The highest BCUT2D eigenvalue weighted by molar-refractivity contribution is 5.26. The van der Waals surface area contributed by atoms with Crippen LogP contribution >= 0.6 is 0 Å². The van der Waals surface area contributed by atoms with Crippen molar-refractivity contribution >= 4 is 0 Å². The van der Waals surface area contributed by atoms with E-state index in [1.54, 1.807) is 0 Å². The van der Waals surface area contributed by atoms with Crippen LogP contribution < -0.4 is 5.32 Å². The van der Waals surface area contributed by atoms with E-state index in [2.05, 4.69) is 48.0 Å². The summed E-state index contributed by atoms with van der Waals surface area (Å²) in [4.78, 5) is 4.78. The Labute approximate surface area is 127 Å². The van der Waals surface area contributed by atoms with E-state index < -0.39 is 0 Å². The summed E-state index contributed by atoms with van der Waals surface area (Å²) in [5, 5.41) is 3.47. The minimum atomic E-state index is 0.337. The van der Waals surface area contributed by atoms with Crippen molar-refractivity contribution < 1.29 is 0 Å². The minimum Gasteiger partial charge on any atom is -0.330 e. The Balaban J connectivity index is 1.89. The summed E-state index contributed by atoms with van der Waals surface area (Å²) in [6.45, 7) is 5.26. The highest BCUT2D eigenvalue weighted by atomic mass is 15.1. The third kappa shape index (κ3) is 2.88. The molecule has 1 N–H and O–H groups in total. The second-order valence-electron chi connectivity index (χ2n) is 6.13. The molecule has 1 aliphatic carbocycles. The Morgan fingerprint density at radius 2 is 2.05 bits per heavy atom. The maximum atomic E-state index is 4.78. The van der Waals surface area contributed by atoms with Gasteiger partial charge in [0, 0.05) is 12.2 Å². The number of hydrogen-bond donors (Lipinski definition) is 1. The first-order chi connectivity index (χ1) is 10.2. The van der Waals surface area contributed by atoms with Gasteiger partial charge in [-0.3, -0.25) is 0 Å². The smallest absolute Gasteiger partial charge is 0.106 e. The predicted octanol–water partition coefficient (Wildman–Crippen LogP) is 3.34. The monoisotopic (exact) mass is 283 g/mol. The van der Waals surface area contributed by atoms with Crippen molar-refractivity contribution in [2.75, 3.05) is 7.05 Å². The number of fused-ring (bicyclic) bond motifs is 1. The molecule has 0 saturated heterocycles. The minimum absolute atomic E-state index is 0.337. The van der Waals surface area contributed by atoms with E-state index in [0.717, 1.165) is 18.8 Å². The van der Waals surface area contributed by atoms with Crippen molar-refractivity contribution in [1.82, 2.24) is 14.9 Å². The van der Waals surface area contributed by atoms with Crippen LogP contribution in [0.2, 0.25) is 0 Å². The lowest BCUT2D eigenvalue weighted by Crippen LogP contribution is -2.24. The molecule has 3 rings (SSSR count). The summed E-state index contributed by atoms with van der Waals surface area (Å²) in [7, 11) is 2.05. The summed E-state index contributed by atoms with van der Waals surface area (Å²) in [5.41, 5.74) is 5.47. The molecule has 0 fully saturated rings. The molecule has 3 heteroatoms. The Kier molecular flexibility index (Phi) is 4.11. The van der Waals surface area contributed by atoms with E-state index in [0.29, 0.717) is 6.04 Å². The highest BCUT2D eigenvalue weighted by Gasteiger charge is 2.20. The number of aryl methyl sites for hydroxylation is 3. The van der Waals surface area contributed by atoms with Crippen molar-refractivity contribution in [3.63, 3.8) is 0 Å². The molecule has 0 aliphatic heterocycles. The molecular formula is C18H25N3. The van der Waals surface area contributed by atoms with Gasteiger partial charge in [-0.1, -0.05) is 29.8 Å². The summed E-state index contributed by atoms with van der Waals surface area (Å²) < 4.78 is 2.43. The number of nitrogens with zero attached hydrogens (tertiary/aromatic N) is 2. The largest absolute Gasteiger partial charge is 0.330 e. The number of imidazole rings is 1. The molecule has 1 aliphatic rings. The first kappa shape index (κ1) is 14.3. The summed E-state index contributed by atoms with van der Waals surface area (Å²) in [5.74, 6) is 1.16. The molecule has 0 amide bonds. The van der Waals surface area contributed by atoms with Crippen LogP contribution in [0.4, 0.5) is 0 Å². The molecule has 112 valence electrons. The van der Waals surface area contributed by atoms with E-state index >= 15 is 0 Å². The van der Waals surface area contributed by atoms with Crippen LogP contribution in [-0.4, -0.2) is 16.6 Å². The fourth-order valence-electron chi connectivity index (χ4n) is 3.41. The molecule has 1 aromatic carbocycles. The standard InChI is InChI=1S/C18H25N3/c1-13-7-6-8-15(11-13)17(19-3)12-21-14(2)20-16-9-4-5-10-18(16)21/h6-8,11,17,19H,4-5,9-10,12H2,1-3H3. The average Bonchev–Trinajstić information content (AvgIpc) is 2.80. The average molecular weight is 283 g/mol. The third-order valence-electron chi connectivity index (χ3n) is 4.58. The number of hydrogen-bond acceptors (Lipinski definition) is 2. The van der Waals surface area contributed by atoms with Gasteiger partial charge in [-0.15, -0.1) is 0 Å². The van der Waals surface area contributed by atoms with Crippen molar-refractivity contribution in [3.8, 4) is 0 Å². The Hall–Kier alpha value is -1.61. The van der Waals surface area contributed by atoms with Gasteiger partial charge < -0.3 is 9.88 Å². The first-order valence-corrected chi connectivity index (χ1v) is 7.97. The lowest BCUT2D eigenvalue weighted by atomic mass is 10.0. The van der Waals surface area contributed by atoms with Gasteiger partial charge in [0.25, 0.3) is 0 Å². The van der Waals surface area contributed by atoms with Crippen LogP contribution in [0.25, 0.3) is 0 Å². The van der Waals surface area contributed by atoms with Gasteiger partial charge in [0.1, 0.15) is 5.82 Å². The first-order valence-electron chi connectivity index (χ1n) is 7.97.